The number of aromatic nitrogens is 2. The molecule has 6 nitrogen and oxygen atoms in total. The van der Waals surface area contributed by atoms with E-state index in [-0.39, 0.29) is 4.90 Å². The van der Waals surface area contributed by atoms with E-state index in [2.05, 4.69) is 4.98 Å². The van der Waals surface area contributed by atoms with E-state index < -0.39 is 9.84 Å². The molecule has 110 valence electrons. The monoisotopic (exact) mass is 305 g/mol. The number of furan rings is 1. The van der Waals surface area contributed by atoms with E-state index in [4.69, 9.17) is 10.2 Å². The Morgan fingerprint density at radius 3 is 2.76 bits per heavy atom. The van der Waals surface area contributed by atoms with Crippen molar-refractivity contribution in [3.05, 3.63) is 42.4 Å². The number of nitrogens with two attached hydrogens (primary N) is 1. The summed E-state index contributed by atoms with van der Waals surface area (Å²) in [5.74, 6) is 1.14. The van der Waals surface area contributed by atoms with Crippen LogP contribution in [0.4, 0.5) is 5.95 Å². The maximum atomic E-state index is 11.8. The van der Waals surface area contributed by atoms with Gasteiger partial charge in [-0.2, -0.15) is 0 Å². The second-order valence-electron chi connectivity index (χ2n) is 4.85. The number of benzene rings is 1. The van der Waals surface area contributed by atoms with Crippen molar-refractivity contribution in [3.8, 4) is 0 Å². The number of para-hydroxylation sites is 1. The van der Waals surface area contributed by atoms with E-state index in [0.29, 0.717) is 29.9 Å². The minimum Gasteiger partial charge on any atom is -0.469 e. The first-order valence-corrected chi connectivity index (χ1v) is 8.33. The van der Waals surface area contributed by atoms with Crippen LogP contribution < -0.4 is 5.73 Å². The quantitative estimate of drug-likeness (QED) is 0.794. The van der Waals surface area contributed by atoms with Crippen LogP contribution in [0.5, 0.6) is 0 Å². The zero-order valence-corrected chi connectivity index (χ0v) is 12.3. The zero-order valence-electron chi connectivity index (χ0n) is 11.5. The van der Waals surface area contributed by atoms with E-state index in [1.165, 1.54) is 6.26 Å². The number of sulfone groups is 1. The Balaban J connectivity index is 2.05. The molecule has 3 rings (SSSR count). The minimum absolute atomic E-state index is 0.198. The lowest BCUT2D eigenvalue weighted by Crippen LogP contribution is -2.05. The van der Waals surface area contributed by atoms with Crippen LogP contribution in [0, 0.1) is 0 Å². The molecule has 0 amide bonds. The van der Waals surface area contributed by atoms with Crippen molar-refractivity contribution >= 4 is 26.8 Å². The Hall–Kier alpha value is -2.28. The Kier molecular flexibility index (Phi) is 3.21. The van der Waals surface area contributed by atoms with Crippen LogP contribution >= 0.6 is 0 Å². The highest BCUT2D eigenvalue weighted by molar-refractivity contribution is 7.91. The Bertz CT molecular complexity index is 880. The van der Waals surface area contributed by atoms with Gasteiger partial charge in [0.25, 0.3) is 0 Å². The van der Waals surface area contributed by atoms with Gasteiger partial charge < -0.3 is 14.7 Å². The van der Waals surface area contributed by atoms with Crippen LogP contribution in [0.15, 0.2) is 45.9 Å². The fourth-order valence-corrected chi connectivity index (χ4v) is 3.18. The summed E-state index contributed by atoms with van der Waals surface area (Å²) in [5.41, 5.74) is 7.06. The summed E-state index contributed by atoms with van der Waals surface area (Å²) in [6, 6.07) is 8.77. The Morgan fingerprint density at radius 1 is 1.29 bits per heavy atom. The van der Waals surface area contributed by atoms with Gasteiger partial charge in [0.05, 0.1) is 16.7 Å². The molecule has 2 N–H and O–H groups in total. The molecule has 2 aromatic heterocycles. The molecule has 0 aliphatic heterocycles. The number of hydrogen-bond donors (Lipinski definition) is 1. The second-order valence-corrected chi connectivity index (χ2v) is 6.83. The number of nitrogens with zero attached hydrogens (tertiary/aromatic N) is 2. The average molecular weight is 305 g/mol. The predicted octanol–water partition coefficient (Wildman–Crippen LogP) is 1.86. The van der Waals surface area contributed by atoms with Crippen molar-refractivity contribution in [2.45, 2.75) is 17.9 Å². The van der Waals surface area contributed by atoms with Crippen molar-refractivity contribution in [1.82, 2.24) is 9.55 Å². The molecule has 0 atom stereocenters. The lowest BCUT2D eigenvalue weighted by atomic mass is 10.3. The van der Waals surface area contributed by atoms with Gasteiger partial charge in [0, 0.05) is 19.2 Å². The molecule has 0 spiro atoms. The van der Waals surface area contributed by atoms with Gasteiger partial charge in [-0.3, -0.25) is 0 Å². The summed E-state index contributed by atoms with van der Waals surface area (Å²) in [6.07, 6.45) is 3.44. The van der Waals surface area contributed by atoms with Crippen LogP contribution in [0.2, 0.25) is 0 Å². The molecule has 2 heterocycles. The first-order valence-electron chi connectivity index (χ1n) is 6.44. The third-order valence-corrected chi connectivity index (χ3v) is 4.46. The highest BCUT2D eigenvalue weighted by Crippen LogP contribution is 2.25. The molecule has 0 radical (unpaired) electrons. The molecule has 0 bridgehead atoms. The third kappa shape index (κ3) is 2.52. The summed E-state index contributed by atoms with van der Waals surface area (Å²) < 4.78 is 30.7. The normalized spacial score (nSPS) is 12.0. The third-order valence-electron chi connectivity index (χ3n) is 3.33. The number of hydrogen-bond acceptors (Lipinski definition) is 5. The maximum absolute atomic E-state index is 11.8. The molecule has 1 aromatic carbocycles. The zero-order chi connectivity index (χ0) is 15.0. The van der Waals surface area contributed by atoms with Crippen LogP contribution in [-0.2, 0) is 22.8 Å². The average Bonchev–Trinajstić information content (AvgIpc) is 3.01. The molecular weight excluding hydrogens is 290 g/mol. The van der Waals surface area contributed by atoms with Gasteiger partial charge in [0.2, 0.25) is 5.95 Å². The molecule has 0 saturated carbocycles. The number of rotatable bonds is 4. The molecular formula is C14H15N3O3S. The molecule has 0 fully saturated rings. The summed E-state index contributed by atoms with van der Waals surface area (Å²) in [4.78, 5) is 4.41. The molecule has 3 aromatic rings. The molecule has 0 unspecified atom stereocenters. The van der Waals surface area contributed by atoms with Crippen LogP contribution in [0.3, 0.4) is 0 Å². The molecule has 0 aliphatic carbocycles. The highest BCUT2D eigenvalue weighted by Gasteiger charge is 2.17. The van der Waals surface area contributed by atoms with Gasteiger partial charge in [0.1, 0.15) is 11.3 Å². The summed E-state index contributed by atoms with van der Waals surface area (Å²) in [6.45, 7) is 0.572. The molecule has 0 saturated heterocycles. The van der Waals surface area contributed by atoms with Crippen LogP contribution in [-0.4, -0.2) is 24.2 Å². The van der Waals surface area contributed by atoms with Gasteiger partial charge >= 0.3 is 0 Å². The number of imidazole rings is 1. The van der Waals surface area contributed by atoms with Crippen molar-refractivity contribution in [1.29, 1.82) is 0 Å². The summed E-state index contributed by atoms with van der Waals surface area (Å²) >= 11 is 0. The van der Waals surface area contributed by atoms with Crippen molar-refractivity contribution in [2.75, 3.05) is 12.0 Å². The SMILES string of the molecule is CS(=O)(=O)c1cccc2c1nc(N)n2CCc1ccco1. The number of fused-ring (bicyclic) bond motifs is 1. The van der Waals surface area contributed by atoms with Crippen LogP contribution in [0.1, 0.15) is 5.76 Å². The van der Waals surface area contributed by atoms with Gasteiger partial charge in [-0.15, -0.1) is 0 Å². The van der Waals surface area contributed by atoms with Crippen molar-refractivity contribution in [3.63, 3.8) is 0 Å². The maximum Gasteiger partial charge on any atom is 0.201 e. The highest BCUT2D eigenvalue weighted by atomic mass is 32.2. The van der Waals surface area contributed by atoms with Gasteiger partial charge in [-0.25, -0.2) is 13.4 Å². The summed E-state index contributed by atoms with van der Waals surface area (Å²) in [5, 5.41) is 0. The topological polar surface area (TPSA) is 91.1 Å². The number of aryl methyl sites for hydroxylation is 2. The largest absolute Gasteiger partial charge is 0.469 e. The fraction of sp³-hybridized carbons (Fsp3) is 0.214. The Labute approximate surface area is 122 Å². The first-order chi connectivity index (χ1) is 9.97. The standard InChI is InChI=1S/C14H15N3O3S/c1-21(18,19)12-6-2-5-11-13(12)16-14(15)17(11)8-7-10-4-3-9-20-10/h2-6,9H,7-8H2,1H3,(H2,15,16). The smallest absolute Gasteiger partial charge is 0.201 e. The summed E-state index contributed by atoms with van der Waals surface area (Å²) in [7, 11) is -3.34. The lowest BCUT2D eigenvalue weighted by molar-refractivity contribution is 0.494. The lowest BCUT2D eigenvalue weighted by Gasteiger charge is -2.05. The van der Waals surface area contributed by atoms with Crippen molar-refractivity contribution in [2.24, 2.45) is 0 Å². The fourth-order valence-electron chi connectivity index (χ4n) is 2.35. The minimum atomic E-state index is -3.34. The van der Waals surface area contributed by atoms with E-state index in [1.807, 2.05) is 18.2 Å². The predicted molar refractivity (Wildman–Crippen MR) is 79.7 cm³/mol. The van der Waals surface area contributed by atoms with E-state index in [0.717, 1.165) is 5.76 Å². The van der Waals surface area contributed by atoms with Gasteiger partial charge in [0.15, 0.2) is 9.84 Å². The molecule has 0 aliphatic rings. The van der Waals surface area contributed by atoms with E-state index >= 15 is 0 Å². The van der Waals surface area contributed by atoms with Gasteiger partial charge in [-0.1, -0.05) is 6.07 Å². The van der Waals surface area contributed by atoms with E-state index in [1.54, 1.807) is 23.0 Å². The second kappa shape index (κ2) is 4.92. The van der Waals surface area contributed by atoms with Crippen molar-refractivity contribution < 1.29 is 12.8 Å². The number of nitrogen functional groups attached to an aromatic ring is 1. The molecule has 21 heavy (non-hydrogen) atoms. The Morgan fingerprint density at radius 2 is 2.10 bits per heavy atom. The van der Waals surface area contributed by atoms with Crippen LogP contribution in [0.25, 0.3) is 11.0 Å². The first kappa shape index (κ1) is 13.7. The van der Waals surface area contributed by atoms with Gasteiger partial charge in [-0.05, 0) is 24.3 Å². The molecule has 7 heteroatoms. The number of anilines is 1. The van der Waals surface area contributed by atoms with E-state index in [9.17, 15) is 8.42 Å².